The number of anilines is 1. The molecule has 0 aliphatic carbocycles. The summed E-state index contributed by atoms with van der Waals surface area (Å²) in [6.45, 7) is 7.35. The number of nitrogens with zero attached hydrogens (tertiary/aromatic N) is 2. The minimum atomic E-state index is -0.500. The number of hydrogen-bond donors (Lipinski definition) is 4. The Morgan fingerprint density at radius 1 is 1.28 bits per heavy atom. The first-order valence-electron chi connectivity index (χ1n) is 8.07. The van der Waals surface area contributed by atoms with Crippen LogP contribution in [0.2, 0.25) is 0 Å². The van der Waals surface area contributed by atoms with Crippen molar-refractivity contribution < 1.29 is 14.3 Å². The standard InChI is InChI=1S/C15H24N6O4/c1-15(2,3)25-14(23)17-5-4-7-24-8-6-16-13-20-11-10(12(22)21-13)18-9-19-11/h9H,4-8H2,1-3H3,(H,17,23)(H3,16,18,19,20,21,22). The van der Waals surface area contributed by atoms with Crippen LogP contribution in [0.3, 0.4) is 0 Å². The van der Waals surface area contributed by atoms with Crippen LogP contribution in [0, 0.1) is 0 Å². The molecule has 25 heavy (non-hydrogen) atoms. The average molecular weight is 352 g/mol. The van der Waals surface area contributed by atoms with Crippen LogP contribution in [0.15, 0.2) is 11.1 Å². The van der Waals surface area contributed by atoms with Crippen molar-refractivity contribution in [2.75, 3.05) is 31.6 Å². The number of rotatable bonds is 8. The number of nitrogens with one attached hydrogen (secondary N) is 4. The van der Waals surface area contributed by atoms with Crippen LogP contribution in [-0.2, 0) is 9.47 Å². The lowest BCUT2D eigenvalue weighted by Gasteiger charge is -2.19. The summed E-state index contributed by atoms with van der Waals surface area (Å²) in [7, 11) is 0. The summed E-state index contributed by atoms with van der Waals surface area (Å²) in [4.78, 5) is 36.6. The molecule has 0 fully saturated rings. The van der Waals surface area contributed by atoms with Crippen molar-refractivity contribution in [3.05, 3.63) is 16.7 Å². The van der Waals surface area contributed by atoms with Crippen LogP contribution in [-0.4, -0.2) is 57.9 Å². The van der Waals surface area contributed by atoms with Crippen LogP contribution in [0.25, 0.3) is 11.2 Å². The van der Waals surface area contributed by atoms with E-state index in [4.69, 9.17) is 9.47 Å². The summed E-state index contributed by atoms with van der Waals surface area (Å²) in [5.41, 5.74) is -0.0944. The van der Waals surface area contributed by atoms with Crippen molar-refractivity contribution >= 4 is 23.2 Å². The lowest BCUT2D eigenvalue weighted by molar-refractivity contribution is 0.0520. The largest absolute Gasteiger partial charge is 0.444 e. The molecule has 4 N–H and O–H groups in total. The third-order valence-electron chi connectivity index (χ3n) is 2.96. The second kappa shape index (κ2) is 8.47. The molecule has 0 aliphatic rings. The first kappa shape index (κ1) is 18.7. The zero-order valence-electron chi connectivity index (χ0n) is 14.6. The Morgan fingerprint density at radius 3 is 2.84 bits per heavy atom. The van der Waals surface area contributed by atoms with Crippen LogP contribution in [0.4, 0.5) is 10.7 Å². The van der Waals surface area contributed by atoms with E-state index < -0.39 is 11.7 Å². The third-order valence-corrected chi connectivity index (χ3v) is 2.96. The highest BCUT2D eigenvalue weighted by atomic mass is 16.6. The van der Waals surface area contributed by atoms with Crippen molar-refractivity contribution in [2.24, 2.45) is 0 Å². The van der Waals surface area contributed by atoms with Gasteiger partial charge in [-0.15, -0.1) is 0 Å². The molecule has 0 bridgehead atoms. The number of fused-ring (bicyclic) bond motifs is 1. The number of alkyl carbamates (subject to hydrolysis) is 1. The molecule has 0 saturated heterocycles. The van der Waals surface area contributed by atoms with Gasteiger partial charge in [0.05, 0.1) is 12.9 Å². The Morgan fingerprint density at radius 2 is 2.08 bits per heavy atom. The zero-order valence-corrected chi connectivity index (χ0v) is 14.6. The summed E-state index contributed by atoms with van der Waals surface area (Å²) in [6, 6.07) is 0. The highest BCUT2D eigenvalue weighted by molar-refractivity contribution is 5.69. The Hall–Kier alpha value is -2.62. The smallest absolute Gasteiger partial charge is 0.407 e. The van der Waals surface area contributed by atoms with Gasteiger partial charge in [-0.25, -0.2) is 9.78 Å². The van der Waals surface area contributed by atoms with Gasteiger partial charge in [0.15, 0.2) is 11.2 Å². The molecular formula is C15H24N6O4. The molecule has 0 atom stereocenters. The fourth-order valence-corrected chi connectivity index (χ4v) is 1.95. The molecule has 1 amide bonds. The van der Waals surface area contributed by atoms with Gasteiger partial charge in [0.2, 0.25) is 5.95 Å². The summed E-state index contributed by atoms with van der Waals surface area (Å²) in [5, 5.41) is 5.63. The number of carbonyl (C=O) groups excluding carboxylic acids is 1. The first-order chi connectivity index (χ1) is 11.8. The topological polar surface area (TPSA) is 134 Å². The van der Waals surface area contributed by atoms with Crippen molar-refractivity contribution in [3.8, 4) is 0 Å². The molecular weight excluding hydrogens is 328 g/mol. The number of aromatic amines is 2. The highest BCUT2D eigenvalue weighted by Crippen LogP contribution is 2.06. The number of carbonyl (C=O) groups is 1. The average Bonchev–Trinajstić information content (AvgIpc) is 2.97. The van der Waals surface area contributed by atoms with Crippen LogP contribution < -0.4 is 16.2 Å². The van der Waals surface area contributed by atoms with Crippen molar-refractivity contribution in [1.82, 2.24) is 25.3 Å². The van der Waals surface area contributed by atoms with E-state index >= 15 is 0 Å². The SMILES string of the molecule is CC(C)(C)OC(=O)NCCCOCCNc1nc2[nH]cnc2c(=O)[nH]1. The molecule has 0 aliphatic heterocycles. The minimum Gasteiger partial charge on any atom is -0.444 e. The Kier molecular flexibility index (Phi) is 6.34. The van der Waals surface area contributed by atoms with E-state index in [-0.39, 0.29) is 11.1 Å². The van der Waals surface area contributed by atoms with E-state index in [2.05, 4.69) is 30.6 Å². The van der Waals surface area contributed by atoms with Crippen LogP contribution in [0.5, 0.6) is 0 Å². The van der Waals surface area contributed by atoms with Crippen LogP contribution in [0.1, 0.15) is 27.2 Å². The predicted octanol–water partition coefficient (Wildman–Crippen LogP) is 0.989. The van der Waals surface area contributed by atoms with Gasteiger partial charge in [-0.1, -0.05) is 0 Å². The van der Waals surface area contributed by atoms with E-state index in [9.17, 15) is 9.59 Å². The first-order valence-corrected chi connectivity index (χ1v) is 8.07. The van der Waals surface area contributed by atoms with Crippen molar-refractivity contribution in [3.63, 3.8) is 0 Å². The summed E-state index contributed by atoms with van der Waals surface area (Å²) >= 11 is 0. The van der Waals surface area contributed by atoms with Gasteiger partial charge < -0.3 is 25.1 Å². The maximum absolute atomic E-state index is 11.7. The number of hydrogen-bond acceptors (Lipinski definition) is 7. The summed E-state index contributed by atoms with van der Waals surface area (Å²) in [6.07, 6.45) is 1.66. The normalized spacial score (nSPS) is 11.5. The zero-order chi connectivity index (χ0) is 18.3. The third kappa shape index (κ3) is 6.42. The van der Waals surface area contributed by atoms with E-state index in [1.54, 1.807) is 0 Å². The number of amides is 1. The lowest BCUT2D eigenvalue weighted by atomic mass is 10.2. The molecule has 0 saturated carbocycles. The molecule has 0 radical (unpaired) electrons. The van der Waals surface area contributed by atoms with Gasteiger partial charge in [0, 0.05) is 19.7 Å². The van der Waals surface area contributed by atoms with Gasteiger partial charge in [0.25, 0.3) is 5.56 Å². The molecule has 10 heteroatoms. The Labute approximate surface area is 144 Å². The monoisotopic (exact) mass is 352 g/mol. The van der Waals surface area contributed by atoms with Crippen molar-refractivity contribution in [2.45, 2.75) is 32.8 Å². The molecule has 2 aromatic rings. The number of ether oxygens (including phenoxy) is 2. The minimum absolute atomic E-state index is 0.277. The predicted molar refractivity (Wildman–Crippen MR) is 92.7 cm³/mol. The molecule has 0 spiro atoms. The molecule has 0 aromatic carbocycles. The lowest BCUT2D eigenvalue weighted by Crippen LogP contribution is -2.33. The fraction of sp³-hybridized carbons (Fsp3) is 0.600. The van der Waals surface area contributed by atoms with Gasteiger partial charge in [-0.3, -0.25) is 9.78 Å². The van der Waals surface area contributed by atoms with E-state index in [0.29, 0.717) is 44.3 Å². The van der Waals surface area contributed by atoms with Gasteiger partial charge in [-0.05, 0) is 27.2 Å². The quantitative estimate of drug-likeness (QED) is 0.520. The summed E-state index contributed by atoms with van der Waals surface area (Å²) in [5.74, 6) is 0.358. The van der Waals surface area contributed by atoms with Gasteiger partial charge in [-0.2, -0.15) is 4.98 Å². The molecule has 2 rings (SSSR count). The van der Waals surface area contributed by atoms with Gasteiger partial charge in [0.1, 0.15) is 5.60 Å². The number of aromatic nitrogens is 4. The second-order valence-electron chi connectivity index (χ2n) is 6.34. The molecule has 2 aromatic heterocycles. The molecule has 0 unspecified atom stereocenters. The summed E-state index contributed by atoms with van der Waals surface area (Å²) < 4.78 is 10.6. The molecule has 2 heterocycles. The Bertz CT molecular complexity index is 748. The van der Waals surface area contributed by atoms with Crippen LogP contribution >= 0.6 is 0 Å². The number of imidazole rings is 1. The Balaban J connectivity index is 1.56. The highest BCUT2D eigenvalue weighted by Gasteiger charge is 2.15. The molecule has 138 valence electrons. The van der Waals surface area contributed by atoms with Gasteiger partial charge >= 0.3 is 6.09 Å². The maximum atomic E-state index is 11.7. The fourth-order valence-electron chi connectivity index (χ4n) is 1.95. The van der Waals surface area contributed by atoms with E-state index in [1.165, 1.54) is 6.33 Å². The van der Waals surface area contributed by atoms with E-state index in [0.717, 1.165) is 0 Å². The van der Waals surface area contributed by atoms with Crippen molar-refractivity contribution in [1.29, 1.82) is 0 Å². The number of H-pyrrole nitrogens is 2. The second-order valence-corrected chi connectivity index (χ2v) is 6.34. The maximum Gasteiger partial charge on any atom is 0.407 e. The van der Waals surface area contributed by atoms with E-state index in [1.807, 2.05) is 20.8 Å². The molecule has 10 nitrogen and oxygen atoms in total.